The summed E-state index contributed by atoms with van der Waals surface area (Å²) in [6.07, 6.45) is 4.19. The number of carbonyl (C=O) groups excluding carboxylic acids is 1. The Morgan fingerprint density at radius 2 is 1.88 bits per heavy atom. The van der Waals surface area contributed by atoms with Gasteiger partial charge < -0.3 is 9.47 Å². The summed E-state index contributed by atoms with van der Waals surface area (Å²) in [6.45, 7) is 2.99. The van der Waals surface area contributed by atoms with Crippen molar-refractivity contribution in [2.45, 2.75) is 32.5 Å². The highest BCUT2D eigenvalue weighted by atomic mass is 16.2. The zero-order valence-electron chi connectivity index (χ0n) is 14.0. The minimum Gasteiger partial charge on any atom is -0.329 e. The van der Waals surface area contributed by atoms with Crippen molar-refractivity contribution in [2.75, 3.05) is 0 Å². The summed E-state index contributed by atoms with van der Waals surface area (Å²) >= 11 is 0. The van der Waals surface area contributed by atoms with Gasteiger partial charge in [-0.15, -0.1) is 10.2 Å². The van der Waals surface area contributed by atoms with Crippen LogP contribution >= 0.6 is 0 Å². The smallest absolute Gasteiger partial charge is 0.246 e. The second kappa shape index (κ2) is 6.47. The molecule has 2 aromatic heterocycles. The van der Waals surface area contributed by atoms with E-state index in [9.17, 15) is 4.79 Å². The van der Waals surface area contributed by atoms with Crippen molar-refractivity contribution in [2.24, 2.45) is 0 Å². The molecule has 3 aromatic rings. The average molecular weight is 333 g/mol. The van der Waals surface area contributed by atoms with Gasteiger partial charge in [-0.2, -0.15) is 0 Å². The first-order chi connectivity index (χ1) is 12.2. The predicted molar refractivity (Wildman–Crippen MR) is 92.5 cm³/mol. The molecular formula is C19H19N5O. The van der Waals surface area contributed by atoms with Crippen LogP contribution in [-0.4, -0.2) is 30.6 Å². The lowest BCUT2D eigenvalue weighted by Gasteiger charge is -2.32. The molecule has 0 bridgehead atoms. The number of nitrogens with zero attached hydrogens (tertiary/aromatic N) is 5. The Bertz CT molecular complexity index is 875. The molecule has 6 heteroatoms. The molecule has 6 nitrogen and oxygen atoms in total. The molecule has 1 amide bonds. The van der Waals surface area contributed by atoms with Crippen molar-refractivity contribution in [1.29, 1.82) is 0 Å². The SMILES string of the molecule is C[C@H]1C(=O)N(Cc2ccccc2)Cc2nnc(Cc3cccnc3)n21. The number of fused-ring (bicyclic) bond motifs is 1. The third kappa shape index (κ3) is 3.03. The molecule has 0 saturated heterocycles. The normalized spacial score (nSPS) is 16.8. The Morgan fingerprint density at radius 3 is 2.64 bits per heavy atom. The number of rotatable bonds is 4. The van der Waals surface area contributed by atoms with Crippen molar-refractivity contribution in [3.63, 3.8) is 0 Å². The summed E-state index contributed by atoms with van der Waals surface area (Å²) < 4.78 is 1.97. The lowest BCUT2D eigenvalue weighted by atomic mass is 10.1. The highest BCUT2D eigenvalue weighted by Gasteiger charge is 2.33. The minimum absolute atomic E-state index is 0.101. The van der Waals surface area contributed by atoms with Crippen LogP contribution in [0.3, 0.4) is 0 Å². The molecule has 1 aromatic carbocycles. The van der Waals surface area contributed by atoms with Gasteiger partial charge in [0.2, 0.25) is 5.91 Å². The molecule has 0 fully saturated rings. The summed E-state index contributed by atoms with van der Waals surface area (Å²) in [7, 11) is 0. The van der Waals surface area contributed by atoms with Crippen LogP contribution in [0.5, 0.6) is 0 Å². The van der Waals surface area contributed by atoms with E-state index in [0.29, 0.717) is 19.5 Å². The maximum Gasteiger partial charge on any atom is 0.246 e. The Morgan fingerprint density at radius 1 is 1.08 bits per heavy atom. The molecule has 0 unspecified atom stereocenters. The molecule has 25 heavy (non-hydrogen) atoms. The Balaban J connectivity index is 1.59. The van der Waals surface area contributed by atoms with Crippen molar-refractivity contribution in [1.82, 2.24) is 24.6 Å². The molecular weight excluding hydrogens is 314 g/mol. The molecule has 1 aliphatic heterocycles. The first-order valence-electron chi connectivity index (χ1n) is 8.36. The van der Waals surface area contributed by atoms with Crippen molar-refractivity contribution < 1.29 is 4.79 Å². The van der Waals surface area contributed by atoms with E-state index in [1.54, 1.807) is 6.20 Å². The van der Waals surface area contributed by atoms with Crippen molar-refractivity contribution in [3.8, 4) is 0 Å². The maximum atomic E-state index is 12.8. The summed E-state index contributed by atoms with van der Waals surface area (Å²) in [5.41, 5.74) is 2.18. The van der Waals surface area contributed by atoms with E-state index in [1.807, 2.05) is 65.1 Å². The molecule has 4 rings (SSSR count). The molecule has 126 valence electrons. The molecule has 3 heterocycles. The number of aromatic nitrogens is 4. The van der Waals surface area contributed by atoms with E-state index in [-0.39, 0.29) is 11.9 Å². The van der Waals surface area contributed by atoms with Gasteiger partial charge in [0.1, 0.15) is 11.9 Å². The first kappa shape index (κ1) is 15.5. The summed E-state index contributed by atoms with van der Waals surface area (Å²) in [6, 6.07) is 13.6. The molecule has 0 spiro atoms. The first-order valence-corrected chi connectivity index (χ1v) is 8.36. The number of benzene rings is 1. The zero-order chi connectivity index (χ0) is 17.2. The maximum absolute atomic E-state index is 12.8. The lowest BCUT2D eigenvalue weighted by molar-refractivity contribution is -0.137. The topological polar surface area (TPSA) is 63.9 Å². The van der Waals surface area contributed by atoms with Crippen molar-refractivity contribution >= 4 is 5.91 Å². The standard InChI is InChI=1S/C19H19N5O/c1-14-19(25)23(12-15-6-3-2-4-7-15)13-18-22-21-17(24(14)18)10-16-8-5-9-20-11-16/h2-9,11,14H,10,12-13H2,1H3/t14-/m0/s1. The van der Waals surface area contributed by atoms with E-state index in [1.165, 1.54) is 0 Å². The zero-order valence-corrected chi connectivity index (χ0v) is 14.0. The van der Waals surface area contributed by atoms with Gasteiger partial charge in [-0.25, -0.2) is 0 Å². The highest BCUT2D eigenvalue weighted by molar-refractivity contribution is 5.81. The van der Waals surface area contributed by atoms with Crippen LogP contribution in [-0.2, 0) is 24.3 Å². The third-order valence-electron chi connectivity index (χ3n) is 4.53. The number of carbonyl (C=O) groups is 1. The van der Waals surface area contributed by atoms with Gasteiger partial charge in [-0.1, -0.05) is 36.4 Å². The molecule has 0 aliphatic carbocycles. The summed E-state index contributed by atoms with van der Waals surface area (Å²) in [5.74, 6) is 1.74. The van der Waals surface area contributed by atoms with Gasteiger partial charge in [-0.3, -0.25) is 9.78 Å². The van der Waals surface area contributed by atoms with E-state index >= 15 is 0 Å². The van der Waals surface area contributed by atoms with E-state index in [0.717, 1.165) is 22.8 Å². The van der Waals surface area contributed by atoms with Crippen LogP contribution < -0.4 is 0 Å². The van der Waals surface area contributed by atoms with E-state index in [2.05, 4.69) is 15.2 Å². The largest absolute Gasteiger partial charge is 0.329 e. The van der Waals surface area contributed by atoms with Crippen LogP contribution in [0.1, 0.15) is 35.7 Å². The van der Waals surface area contributed by atoms with Crippen LogP contribution in [0.2, 0.25) is 0 Å². The van der Waals surface area contributed by atoms with Crippen LogP contribution in [0.25, 0.3) is 0 Å². The quantitative estimate of drug-likeness (QED) is 0.735. The molecule has 1 atom stereocenters. The molecule has 0 radical (unpaired) electrons. The second-order valence-corrected chi connectivity index (χ2v) is 6.30. The number of amides is 1. The monoisotopic (exact) mass is 333 g/mol. The molecule has 0 N–H and O–H groups in total. The van der Waals surface area contributed by atoms with Gasteiger partial charge in [0.25, 0.3) is 0 Å². The lowest BCUT2D eigenvalue weighted by Crippen LogP contribution is -2.41. The molecule has 1 aliphatic rings. The van der Waals surface area contributed by atoms with Gasteiger partial charge >= 0.3 is 0 Å². The Hall–Kier alpha value is -3.02. The number of hydrogen-bond acceptors (Lipinski definition) is 4. The van der Waals surface area contributed by atoms with Gasteiger partial charge in [0.15, 0.2) is 5.82 Å². The fourth-order valence-corrected chi connectivity index (χ4v) is 3.28. The van der Waals surface area contributed by atoms with Crippen LogP contribution in [0, 0.1) is 0 Å². The fraction of sp³-hybridized carbons (Fsp3) is 0.263. The summed E-state index contributed by atoms with van der Waals surface area (Å²) in [5, 5.41) is 8.65. The fourth-order valence-electron chi connectivity index (χ4n) is 3.28. The van der Waals surface area contributed by atoms with Gasteiger partial charge in [0.05, 0.1) is 6.54 Å². The minimum atomic E-state index is -0.297. The Labute approximate surface area is 146 Å². The number of pyridine rings is 1. The second-order valence-electron chi connectivity index (χ2n) is 6.30. The Kier molecular flexibility index (Phi) is 4.01. The molecule has 0 saturated carbocycles. The average Bonchev–Trinajstić information content (AvgIpc) is 3.04. The van der Waals surface area contributed by atoms with Crippen LogP contribution in [0.4, 0.5) is 0 Å². The van der Waals surface area contributed by atoms with Gasteiger partial charge in [0, 0.05) is 25.4 Å². The van der Waals surface area contributed by atoms with E-state index in [4.69, 9.17) is 0 Å². The predicted octanol–water partition coefficient (Wildman–Crippen LogP) is 2.37. The third-order valence-corrected chi connectivity index (χ3v) is 4.53. The van der Waals surface area contributed by atoms with Crippen molar-refractivity contribution in [3.05, 3.63) is 77.6 Å². The highest BCUT2D eigenvalue weighted by Crippen LogP contribution is 2.25. The number of hydrogen-bond donors (Lipinski definition) is 0. The van der Waals surface area contributed by atoms with Gasteiger partial charge in [-0.05, 0) is 24.1 Å². The van der Waals surface area contributed by atoms with Crippen LogP contribution in [0.15, 0.2) is 54.9 Å². The van der Waals surface area contributed by atoms with E-state index < -0.39 is 0 Å². The summed E-state index contributed by atoms with van der Waals surface area (Å²) in [4.78, 5) is 18.8.